The first-order valence-electron chi connectivity index (χ1n) is 6.21. The number of benzene rings is 2. The molecule has 3 heteroatoms. The molecular formula is C16H14N2O. The Morgan fingerprint density at radius 1 is 1.00 bits per heavy atom. The van der Waals surface area contributed by atoms with E-state index in [0.29, 0.717) is 11.5 Å². The van der Waals surface area contributed by atoms with E-state index < -0.39 is 0 Å². The summed E-state index contributed by atoms with van der Waals surface area (Å²) in [5, 5.41) is 11.5. The molecule has 2 aromatic carbocycles. The van der Waals surface area contributed by atoms with Crippen molar-refractivity contribution in [1.82, 2.24) is 9.97 Å². The van der Waals surface area contributed by atoms with Crippen LogP contribution in [-0.2, 0) is 6.61 Å². The second-order valence-electron chi connectivity index (χ2n) is 4.51. The first kappa shape index (κ1) is 11.8. The van der Waals surface area contributed by atoms with Crippen LogP contribution in [0.4, 0.5) is 0 Å². The summed E-state index contributed by atoms with van der Waals surface area (Å²) < 4.78 is 0. The number of nitrogens with zero attached hydrogens (tertiary/aromatic N) is 2. The molecule has 0 saturated heterocycles. The Morgan fingerprint density at radius 3 is 2.63 bits per heavy atom. The zero-order chi connectivity index (χ0) is 13.2. The zero-order valence-electron chi connectivity index (χ0n) is 10.7. The fourth-order valence-corrected chi connectivity index (χ4v) is 2.26. The van der Waals surface area contributed by atoms with E-state index >= 15 is 0 Å². The van der Waals surface area contributed by atoms with Crippen molar-refractivity contribution in [2.75, 3.05) is 0 Å². The lowest BCUT2D eigenvalue weighted by Gasteiger charge is -2.07. The molecule has 0 atom stereocenters. The van der Waals surface area contributed by atoms with Crippen LogP contribution in [0.5, 0.6) is 0 Å². The van der Waals surface area contributed by atoms with Gasteiger partial charge in [-0.2, -0.15) is 0 Å². The zero-order valence-corrected chi connectivity index (χ0v) is 10.7. The third kappa shape index (κ3) is 2.20. The molecular weight excluding hydrogens is 236 g/mol. The van der Waals surface area contributed by atoms with Gasteiger partial charge >= 0.3 is 0 Å². The fraction of sp³-hybridized carbons (Fsp3) is 0.125. The smallest absolute Gasteiger partial charge is 0.160 e. The Hall–Kier alpha value is -2.26. The summed E-state index contributed by atoms with van der Waals surface area (Å²) >= 11 is 0. The molecule has 1 heterocycles. The molecule has 94 valence electrons. The number of aliphatic hydroxyl groups excluding tert-OH is 1. The molecule has 0 unspecified atom stereocenters. The van der Waals surface area contributed by atoms with Crippen LogP contribution in [0.3, 0.4) is 0 Å². The normalized spacial score (nSPS) is 10.8. The summed E-state index contributed by atoms with van der Waals surface area (Å²) in [4.78, 5) is 8.89. The van der Waals surface area contributed by atoms with Gasteiger partial charge in [-0.05, 0) is 23.8 Å². The maximum atomic E-state index is 9.26. The molecule has 1 aromatic heterocycles. The van der Waals surface area contributed by atoms with Gasteiger partial charge in [0, 0.05) is 11.3 Å². The highest BCUT2D eigenvalue weighted by Gasteiger charge is 2.08. The Kier molecular flexibility index (Phi) is 2.97. The maximum absolute atomic E-state index is 9.26. The average Bonchev–Trinajstić information content (AvgIpc) is 2.46. The van der Waals surface area contributed by atoms with Crippen molar-refractivity contribution < 1.29 is 5.11 Å². The molecule has 0 aliphatic heterocycles. The van der Waals surface area contributed by atoms with Gasteiger partial charge in [-0.25, -0.2) is 9.97 Å². The molecule has 0 fully saturated rings. The molecule has 3 rings (SSSR count). The van der Waals surface area contributed by atoms with E-state index in [-0.39, 0.29) is 6.61 Å². The van der Waals surface area contributed by atoms with Gasteiger partial charge in [-0.1, -0.05) is 42.5 Å². The Labute approximate surface area is 111 Å². The third-order valence-electron chi connectivity index (χ3n) is 3.10. The minimum absolute atomic E-state index is 0.0683. The Morgan fingerprint density at radius 2 is 1.79 bits per heavy atom. The second kappa shape index (κ2) is 4.78. The van der Waals surface area contributed by atoms with Crippen LogP contribution in [0.25, 0.3) is 22.2 Å². The number of aliphatic hydroxyl groups is 1. The van der Waals surface area contributed by atoms with Crippen LogP contribution < -0.4 is 0 Å². The molecule has 0 spiro atoms. The van der Waals surface area contributed by atoms with Crippen LogP contribution in [0, 0.1) is 6.92 Å². The molecule has 3 nitrogen and oxygen atoms in total. The van der Waals surface area contributed by atoms with Gasteiger partial charge in [0.2, 0.25) is 0 Å². The molecule has 0 aliphatic rings. The standard InChI is InChI=1S/C16H14N2O/c1-11-9-13(10-19)18-16(17-11)15-8-4-6-12-5-2-3-7-14(12)15/h2-9,19H,10H2,1H3. The summed E-state index contributed by atoms with van der Waals surface area (Å²) in [6.45, 7) is 1.84. The van der Waals surface area contributed by atoms with Gasteiger partial charge in [-0.3, -0.25) is 0 Å². The van der Waals surface area contributed by atoms with Crippen LogP contribution in [-0.4, -0.2) is 15.1 Å². The predicted molar refractivity (Wildman–Crippen MR) is 75.6 cm³/mol. The lowest BCUT2D eigenvalue weighted by Crippen LogP contribution is -1.98. The topological polar surface area (TPSA) is 46.0 Å². The van der Waals surface area contributed by atoms with Gasteiger partial charge in [0.15, 0.2) is 5.82 Å². The molecule has 0 radical (unpaired) electrons. The summed E-state index contributed by atoms with van der Waals surface area (Å²) in [6, 6.07) is 16.0. The molecule has 3 aromatic rings. The predicted octanol–water partition coefficient (Wildman–Crippen LogP) is 3.10. The van der Waals surface area contributed by atoms with E-state index in [0.717, 1.165) is 22.0 Å². The molecule has 1 N–H and O–H groups in total. The molecule has 0 aliphatic carbocycles. The van der Waals surface area contributed by atoms with Crippen molar-refractivity contribution in [1.29, 1.82) is 0 Å². The Balaban J connectivity index is 2.27. The van der Waals surface area contributed by atoms with Crippen molar-refractivity contribution in [2.24, 2.45) is 0 Å². The van der Waals surface area contributed by atoms with Gasteiger partial charge in [0.25, 0.3) is 0 Å². The highest BCUT2D eigenvalue weighted by Crippen LogP contribution is 2.26. The molecule has 0 bridgehead atoms. The van der Waals surface area contributed by atoms with E-state index in [1.807, 2.05) is 31.2 Å². The van der Waals surface area contributed by atoms with E-state index in [1.165, 1.54) is 0 Å². The van der Waals surface area contributed by atoms with E-state index in [9.17, 15) is 5.11 Å². The first-order valence-corrected chi connectivity index (χ1v) is 6.21. The third-order valence-corrected chi connectivity index (χ3v) is 3.10. The van der Waals surface area contributed by atoms with Crippen LogP contribution in [0.1, 0.15) is 11.4 Å². The summed E-state index contributed by atoms with van der Waals surface area (Å²) in [5.74, 6) is 0.667. The average molecular weight is 250 g/mol. The fourth-order valence-electron chi connectivity index (χ4n) is 2.26. The summed E-state index contributed by atoms with van der Waals surface area (Å²) in [5.41, 5.74) is 2.51. The van der Waals surface area contributed by atoms with Gasteiger partial charge in [0.05, 0.1) is 12.3 Å². The maximum Gasteiger partial charge on any atom is 0.160 e. The number of aromatic nitrogens is 2. The summed E-state index contributed by atoms with van der Waals surface area (Å²) in [6.07, 6.45) is 0. The quantitative estimate of drug-likeness (QED) is 0.760. The lowest BCUT2D eigenvalue weighted by molar-refractivity contribution is 0.276. The van der Waals surface area contributed by atoms with E-state index in [1.54, 1.807) is 6.07 Å². The number of rotatable bonds is 2. The monoisotopic (exact) mass is 250 g/mol. The largest absolute Gasteiger partial charge is 0.390 e. The second-order valence-corrected chi connectivity index (χ2v) is 4.51. The van der Waals surface area contributed by atoms with Crippen molar-refractivity contribution in [3.05, 3.63) is 59.9 Å². The highest BCUT2D eigenvalue weighted by molar-refractivity contribution is 5.94. The first-order chi connectivity index (χ1) is 9.28. The number of aryl methyl sites for hydroxylation is 1. The van der Waals surface area contributed by atoms with E-state index in [4.69, 9.17) is 0 Å². The van der Waals surface area contributed by atoms with Gasteiger partial charge in [-0.15, -0.1) is 0 Å². The number of hydrogen-bond donors (Lipinski definition) is 1. The van der Waals surface area contributed by atoms with Gasteiger partial charge < -0.3 is 5.11 Å². The van der Waals surface area contributed by atoms with Gasteiger partial charge in [0.1, 0.15) is 0 Å². The molecule has 0 saturated carbocycles. The lowest BCUT2D eigenvalue weighted by atomic mass is 10.0. The van der Waals surface area contributed by atoms with Crippen molar-refractivity contribution in [3.8, 4) is 11.4 Å². The van der Waals surface area contributed by atoms with Crippen LogP contribution in [0.15, 0.2) is 48.5 Å². The number of hydrogen-bond acceptors (Lipinski definition) is 3. The Bertz CT molecular complexity index is 732. The SMILES string of the molecule is Cc1cc(CO)nc(-c2cccc3ccccc23)n1. The van der Waals surface area contributed by atoms with Crippen molar-refractivity contribution in [3.63, 3.8) is 0 Å². The van der Waals surface area contributed by atoms with Crippen molar-refractivity contribution >= 4 is 10.8 Å². The molecule has 19 heavy (non-hydrogen) atoms. The minimum atomic E-state index is -0.0683. The van der Waals surface area contributed by atoms with Crippen molar-refractivity contribution in [2.45, 2.75) is 13.5 Å². The molecule has 0 amide bonds. The summed E-state index contributed by atoms with van der Waals surface area (Å²) in [7, 11) is 0. The highest BCUT2D eigenvalue weighted by atomic mass is 16.3. The number of fused-ring (bicyclic) bond motifs is 1. The van der Waals surface area contributed by atoms with Crippen LogP contribution >= 0.6 is 0 Å². The van der Waals surface area contributed by atoms with E-state index in [2.05, 4.69) is 28.2 Å². The van der Waals surface area contributed by atoms with Crippen LogP contribution in [0.2, 0.25) is 0 Å². The minimum Gasteiger partial charge on any atom is -0.390 e.